The van der Waals surface area contributed by atoms with Crippen LogP contribution in [0, 0.1) is 13.8 Å². The molecule has 27 heavy (non-hydrogen) atoms. The van der Waals surface area contributed by atoms with Crippen LogP contribution >= 0.6 is 0 Å². The van der Waals surface area contributed by atoms with E-state index < -0.39 is 0 Å². The highest BCUT2D eigenvalue weighted by Gasteiger charge is 2.09. The van der Waals surface area contributed by atoms with Crippen molar-refractivity contribution in [2.75, 3.05) is 29.6 Å². The fourth-order valence-electron chi connectivity index (χ4n) is 2.75. The Morgan fingerprint density at radius 1 is 0.926 bits per heavy atom. The summed E-state index contributed by atoms with van der Waals surface area (Å²) < 4.78 is 0. The summed E-state index contributed by atoms with van der Waals surface area (Å²) in [6.07, 6.45) is 1.66. The van der Waals surface area contributed by atoms with E-state index in [1.165, 1.54) is 0 Å². The molecule has 1 amide bonds. The second kappa shape index (κ2) is 7.91. The Morgan fingerprint density at radius 2 is 1.63 bits per heavy atom. The third-order valence-corrected chi connectivity index (χ3v) is 4.30. The second-order valence-corrected chi connectivity index (χ2v) is 6.77. The summed E-state index contributed by atoms with van der Waals surface area (Å²) in [5.74, 6) is -0.219. The van der Waals surface area contributed by atoms with Gasteiger partial charge in [0.2, 0.25) is 0 Å². The van der Waals surface area contributed by atoms with Gasteiger partial charge in [-0.2, -0.15) is 0 Å². The third-order valence-electron chi connectivity index (χ3n) is 4.30. The van der Waals surface area contributed by atoms with E-state index >= 15 is 0 Å². The molecule has 0 radical (unpaired) electrons. The molecular formula is C22H24N4O. The highest BCUT2D eigenvalue weighted by atomic mass is 16.1. The lowest BCUT2D eigenvalue weighted by molar-refractivity contribution is 0.102. The zero-order chi connectivity index (χ0) is 19.4. The van der Waals surface area contributed by atoms with E-state index in [9.17, 15) is 4.79 Å². The quantitative estimate of drug-likeness (QED) is 0.689. The van der Waals surface area contributed by atoms with Crippen LogP contribution in [0.3, 0.4) is 0 Å². The third kappa shape index (κ3) is 4.64. The molecule has 0 unspecified atom stereocenters. The minimum atomic E-state index is -0.219. The van der Waals surface area contributed by atoms with Crippen LogP contribution in [-0.4, -0.2) is 25.0 Å². The highest BCUT2D eigenvalue weighted by Crippen LogP contribution is 2.20. The van der Waals surface area contributed by atoms with E-state index in [4.69, 9.17) is 0 Å². The molecule has 0 atom stereocenters. The molecule has 0 aliphatic rings. The number of nitrogens with zero attached hydrogens (tertiary/aromatic N) is 2. The average Bonchev–Trinajstić information content (AvgIpc) is 2.65. The predicted molar refractivity (Wildman–Crippen MR) is 112 cm³/mol. The highest BCUT2D eigenvalue weighted by molar-refractivity contribution is 6.03. The van der Waals surface area contributed by atoms with Gasteiger partial charge in [-0.05, 0) is 61.9 Å². The first kappa shape index (κ1) is 18.5. The Morgan fingerprint density at radius 3 is 2.22 bits per heavy atom. The first-order valence-corrected chi connectivity index (χ1v) is 8.81. The van der Waals surface area contributed by atoms with Crippen molar-refractivity contribution < 1.29 is 4.79 Å². The standard InChI is InChI=1S/C22H24N4O/c1-15-5-11-20(16(2)13-15)25-22(27)21-12-8-18(14-23-21)24-17-6-9-19(10-7-17)26(3)4/h5-14,24H,1-4H3,(H,25,27). The zero-order valence-electron chi connectivity index (χ0n) is 16.1. The van der Waals surface area contributed by atoms with E-state index in [0.717, 1.165) is 33.9 Å². The maximum absolute atomic E-state index is 12.4. The number of amides is 1. The van der Waals surface area contributed by atoms with Crippen LogP contribution in [0.4, 0.5) is 22.7 Å². The van der Waals surface area contributed by atoms with Crippen LogP contribution < -0.4 is 15.5 Å². The molecule has 0 saturated heterocycles. The molecule has 3 rings (SSSR count). The summed E-state index contributed by atoms with van der Waals surface area (Å²) in [6, 6.07) is 17.6. The zero-order valence-corrected chi connectivity index (χ0v) is 16.1. The number of anilines is 4. The lowest BCUT2D eigenvalue weighted by Crippen LogP contribution is -2.14. The van der Waals surface area contributed by atoms with Gasteiger partial charge in [-0.1, -0.05) is 17.7 Å². The Kier molecular flexibility index (Phi) is 5.41. The van der Waals surface area contributed by atoms with Gasteiger partial charge in [-0.25, -0.2) is 4.98 Å². The van der Waals surface area contributed by atoms with Gasteiger partial charge >= 0.3 is 0 Å². The van der Waals surface area contributed by atoms with Gasteiger partial charge in [0.15, 0.2) is 0 Å². The number of hydrogen-bond acceptors (Lipinski definition) is 4. The first-order chi connectivity index (χ1) is 12.9. The van der Waals surface area contributed by atoms with Crippen LogP contribution in [-0.2, 0) is 0 Å². The topological polar surface area (TPSA) is 57.3 Å². The maximum atomic E-state index is 12.4. The number of carbonyl (C=O) groups excluding carboxylic acids is 1. The van der Waals surface area contributed by atoms with Crippen LogP contribution in [0.5, 0.6) is 0 Å². The van der Waals surface area contributed by atoms with E-state index in [2.05, 4.69) is 20.5 Å². The maximum Gasteiger partial charge on any atom is 0.274 e. The van der Waals surface area contributed by atoms with Crippen molar-refractivity contribution in [2.24, 2.45) is 0 Å². The first-order valence-electron chi connectivity index (χ1n) is 8.81. The van der Waals surface area contributed by atoms with Crippen molar-refractivity contribution in [1.29, 1.82) is 0 Å². The lowest BCUT2D eigenvalue weighted by Gasteiger charge is -2.13. The Labute approximate surface area is 160 Å². The molecule has 0 bridgehead atoms. The van der Waals surface area contributed by atoms with E-state index in [1.54, 1.807) is 12.3 Å². The van der Waals surface area contributed by atoms with Crippen molar-refractivity contribution in [2.45, 2.75) is 13.8 Å². The largest absolute Gasteiger partial charge is 0.378 e. The van der Waals surface area contributed by atoms with Gasteiger partial charge in [-0.3, -0.25) is 4.79 Å². The summed E-state index contributed by atoms with van der Waals surface area (Å²) in [7, 11) is 4.02. The summed E-state index contributed by atoms with van der Waals surface area (Å²) >= 11 is 0. The fourth-order valence-corrected chi connectivity index (χ4v) is 2.75. The summed E-state index contributed by atoms with van der Waals surface area (Å²) in [4.78, 5) is 18.8. The number of nitrogens with one attached hydrogen (secondary N) is 2. The van der Waals surface area contributed by atoms with Crippen molar-refractivity contribution >= 4 is 28.7 Å². The molecule has 0 spiro atoms. The number of carbonyl (C=O) groups is 1. The van der Waals surface area contributed by atoms with Crippen LogP contribution in [0.15, 0.2) is 60.8 Å². The number of aromatic nitrogens is 1. The molecule has 5 heteroatoms. The van der Waals surface area contributed by atoms with Gasteiger partial charge < -0.3 is 15.5 Å². The fraction of sp³-hybridized carbons (Fsp3) is 0.182. The molecule has 1 heterocycles. The number of aryl methyl sites for hydroxylation is 2. The minimum absolute atomic E-state index is 0.219. The summed E-state index contributed by atoms with van der Waals surface area (Å²) in [5.41, 5.74) is 6.31. The molecule has 5 nitrogen and oxygen atoms in total. The molecule has 3 aromatic rings. The van der Waals surface area contributed by atoms with Gasteiger partial charge in [0.25, 0.3) is 5.91 Å². The molecule has 0 saturated carbocycles. The van der Waals surface area contributed by atoms with Crippen LogP contribution in [0.25, 0.3) is 0 Å². The molecule has 138 valence electrons. The second-order valence-electron chi connectivity index (χ2n) is 6.77. The molecule has 0 aliphatic carbocycles. The smallest absolute Gasteiger partial charge is 0.274 e. The normalized spacial score (nSPS) is 10.4. The van der Waals surface area contributed by atoms with E-state index in [-0.39, 0.29) is 5.91 Å². The predicted octanol–water partition coefficient (Wildman–Crippen LogP) is 4.76. The number of benzene rings is 2. The van der Waals surface area contributed by atoms with Gasteiger partial charge in [0.05, 0.1) is 11.9 Å². The van der Waals surface area contributed by atoms with Gasteiger partial charge in [0.1, 0.15) is 5.69 Å². The molecule has 1 aromatic heterocycles. The number of pyridine rings is 1. The molecule has 2 aromatic carbocycles. The Balaban J connectivity index is 1.66. The molecule has 0 fully saturated rings. The van der Waals surface area contributed by atoms with Crippen molar-refractivity contribution in [3.63, 3.8) is 0 Å². The Bertz CT molecular complexity index is 932. The van der Waals surface area contributed by atoms with E-state index in [0.29, 0.717) is 5.69 Å². The van der Waals surface area contributed by atoms with Crippen molar-refractivity contribution in [3.05, 3.63) is 77.6 Å². The van der Waals surface area contributed by atoms with Gasteiger partial charge in [-0.15, -0.1) is 0 Å². The Hall–Kier alpha value is -3.34. The number of hydrogen-bond donors (Lipinski definition) is 2. The monoisotopic (exact) mass is 360 g/mol. The number of rotatable bonds is 5. The van der Waals surface area contributed by atoms with Crippen molar-refractivity contribution in [1.82, 2.24) is 4.98 Å². The van der Waals surface area contributed by atoms with E-state index in [1.807, 2.05) is 76.5 Å². The van der Waals surface area contributed by atoms with Crippen LogP contribution in [0.2, 0.25) is 0 Å². The SMILES string of the molecule is Cc1ccc(NC(=O)c2ccc(Nc3ccc(N(C)C)cc3)cn2)c(C)c1. The minimum Gasteiger partial charge on any atom is -0.378 e. The molecule has 0 aliphatic heterocycles. The molecule has 2 N–H and O–H groups in total. The summed E-state index contributed by atoms with van der Waals surface area (Å²) in [5, 5.41) is 6.20. The van der Waals surface area contributed by atoms with Crippen LogP contribution in [0.1, 0.15) is 21.6 Å². The summed E-state index contributed by atoms with van der Waals surface area (Å²) in [6.45, 7) is 4.00. The lowest BCUT2D eigenvalue weighted by atomic mass is 10.1. The van der Waals surface area contributed by atoms with Gasteiger partial charge in [0, 0.05) is 31.2 Å². The average molecular weight is 360 g/mol. The van der Waals surface area contributed by atoms with Crippen molar-refractivity contribution in [3.8, 4) is 0 Å². The molecular weight excluding hydrogens is 336 g/mol.